The van der Waals surface area contributed by atoms with Crippen LogP contribution in [0.4, 0.5) is 0 Å². The highest BCUT2D eigenvalue weighted by Gasteiger charge is 2.19. The number of nitrogens with one attached hydrogen (secondary N) is 1. The summed E-state index contributed by atoms with van der Waals surface area (Å²) < 4.78 is 0. The molecular formula is C30H44N2O3. The minimum Gasteiger partial charge on any atom is -0.367 e. The van der Waals surface area contributed by atoms with Crippen LogP contribution in [-0.2, 0) is 16.2 Å². The molecule has 1 atom stereocenters. The van der Waals surface area contributed by atoms with E-state index in [0.717, 1.165) is 17.5 Å². The number of hydroxylamine groups is 2. The Kier molecular flexibility index (Phi) is 13.8. The average Bonchev–Trinajstić information content (AvgIpc) is 2.87. The van der Waals surface area contributed by atoms with Gasteiger partial charge in [0.1, 0.15) is 0 Å². The van der Waals surface area contributed by atoms with E-state index in [1.54, 1.807) is 5.06 Å². The van der Waals surface area contributed by atoms with Crippen molar-refractivity contribution in [3.8, 4) is 0 Å². The van der Waals surface area contributed by atoms with Crippen LogP contribution < -0.4 is 5.32 Å². The number of benzene rings is 2. The SMILES string of the molecule is CCCCCCCCCCCCNC(=O)c1ccc(CN(OC(C)=O)C(C)c2ccccc2)cc1. The molecule has 0 aliphatic carbocycles. The highest BCUT2D eigenvalue weighted by molar-refractivity contribution is 5.94. The fourth-order valence-electron chi connectivity index (χ4n) is 4.17. The summed E-state index contributed by atoms with van der Waals surface area (Å²) >= 11 is 0. The van der Waals surface area contributed by atoms with Crippen molar-refractivity contribution in [2.75, 3.05) is 6.54 Å². The number of hydrogen-bond acceptors (Lipinski definition) is 4. The lowest BCUT2D eigenvalue weighted by Crippen LogP contribution is -2.29. The average molecular weight is 481 g/mol. The molecule has 0 fully saturated rings. The van der Waals surface area contributed by atoms with Crippen LogP contribution in [-0.4, -0.2) is 23.5 Å². The fraction of sp³-hybridized carbons (Fsp3) is 0.533. The first-order valence-electron chi connectivity index (χ1n) is 13.4. The van der Waals surface area contributed by atoms with Gasteiger partial charge >= 0.3 is 5.97 Å². The van der Waals surface area contributed by atoms with Crippen LogP contribution in [0.5, 0.6) is 0 Å². The summed E-state index contributed by atoms with van der Waals surface area (Å²) in [6.45, 7) is 6.82. The topological polar surface area (TPSA) is 58.6 Å². The lowest BCUT2D eigenvalue weighted by Gasteiger charge is -2.27. The number of carbonyl (C=O) groups excluding carboxylic acids is 2. The van der Waals surface area contributed by atoms with E-state index in [9.17, 15) is 9.59 Å². The Bertz CT molecular complexity index is 852. The third-order valence-corrected chi connectivity index (χ3v) is 6.33. The smallest absolute Gasteiger partial charge is 0.322 e. The normalized spacial score (nSPS) is 11.9. The second-order valence-corrected chi connectivity index (χ2v) is 9.38. The summed E-state index contributed by atoms with van der Waals surface area (Å²) in [5, 5.41) is 4.71. The summed E-state index contributed by atoms with van der Waals surface area (Å²) in [4.78, 5) is 29.6. The van der Waals surface area contributed by atoms with Crippen LogP contribution in [0.25, 0.3) is 0 Å². The minimum atomic E-state index is -0.351. The number of rotatable bonds is 17. The zero-order chi connectivity index (χ0) is 25.3. The van der Waals surface area contributed by atoms with Crippen LogP contribution in [0.2, 0.25) is 0 Å². The van der Waals surface area contributed by atoms with Crippen LogP contribution >= 0.6 is 0 Å². The summed E-state index contributed by atoms with van der Waals surface area (Å²) in [7, 11) is 0. The molecule has 0 heterocycles. The van der Waals surface area contributed by atoms with Gasteiger partial charge in [-0.1, -0.05) is 107 Å². The molecule has 0 bridgehead atoms. The molecule has 2 aromatic rings. The largest absolute Gasteiger partial charge is 0.367 e. The molecule has 0 aliphatic rings. The van der Waals surface area contributed by atoms with Gasteiger partial charge in [0.25, 0.3) is 5.91 Å². The van der Waals surface area contributed by atoms with E-state index >= 15 is 0 Å². The molecule has 192 valence electrons. The van der Waals surface area contributed by atoms with E-state index in [2.05, 4.69) is 12.2 Å². The highest BCUT2D eigenvalue weighted by Crippen LogP contribution is 2.23. The fourth-order valence-corrected chi connectivity index (χ4v) is 4.17. The van der Waals surface area contributed by atoms with Crippen LogP contribution in [0, 0.1) is 0 Å². The summed E-state index contributed by atoms with van der Waals surface area (Å²) in [5.41, 5.74) is 2.69. The second kappa shape index (κ2) is 16.9. The van der Waals surface area contributed by atoms with Gasteiger partial charge in [-0.3, -0.25) is 9.59 Å². The quantitative estimate of drug-likeness (QED) is 0.190. The Morgan fingerprint density at radius 2 is 1.40 bits per heavy atom. The van der Waals surface area contributed by atoms with Gasteiger partial charge in [-0.15, -0.1) is 5.06 Å². The van der Waals surface area contributed by atoms with Gasteiger partial charge in [0.2, 0.25) is 0 Å². The molecular weight excluding hydrogens is 436 g/mol. The Morgan fingerprint density at radius 1 is 0.829 bits per heavy atom. The first-order valence-corrected chi connectivity index (χ1v) is 13.4. The predicted molar refractivity (Wildman–Crippen MR) is 143 cm³/mol. The number of hydrogen-bond donors (Lipinski definition) is 1. The van der Waals surface area contributed by atoms with Crippen LogP contribution in [0.1, 0.15) is 113 Å². The number of amides is 1. The maximum absolute atomic E-state index is 12.5. The minimum absolute atomic E-state index is 0.0398. The van der Waals surface area contributed by atoms with Gasteiger partial charge < -0.3 is 10.2 Å². The molecule has 1 amide bonds. The third-order valence-electron chi connectivity index (χ3n) is 6.33. The standard InChI is InChI=1S/C30H44N2O3/c1-4-5-6-7-8-9-10-11-12-16-23-31-30(34)29-21-19-27(20-22-29)24-32(35-26(3)33)25(2)28-17-14-13-15-18-28/h13-15,17-22,25H,4-12,16,23-24H2,1-3H3,(H,31,34). The molecule has 35 heavy (non-hydrogen) atoms. The molecule has 0 saturated heterocycles. The molecule has 2 rings (SSSR count). The van der Waals surface area contributed by atoms with Gasteiger partial charge in [0.15, 0.2) is 0 Å². The van der Waals surface area contributed by atoms with E-state index in [1.807, 2.05) is 61.5 Å². The van der Waals surface area contributed by atoms with Crippen molar-refractivity contribution in [1.29, 1.82) is 0 Å². The van der Waals surface area contributed by atoms with E-state index in [4.69, 9.17) is 4.84 Å². The maximum atomic E-state index is 12.5. The molecule has 5 heteroatoms. The molecule has 0 spiro atoms. The van der Waals surface area contributed by atoms with Crippen LogP contribution in [0.15, 0.2) is 54.6 Å². The first-order chi connectivity index (χ1) is 17.0. The molecule has 0 radical (unpaired) electrons. The van der Waals surface area contributed by atoms with Crippen molar-refractivity contribution in [1.82, 2.24) is 10.4 Å². The van der Waals surface area contributed by atoms with Crippen molar-refractivity contribution in [3.63, 3.8) is 0 Å². The second-order valence-electron chi connectivity index (χ2n) is 9.38. The Labute approximate surface area is 212 Å². The van der Waals surface area contributed by atoms with Gasteiger partial charge in [0, 0.05) is 19.0 Å². The molecule has 0 aliphatic heterocycles. The van der Waals surface area contributed by atoms with Crippen molar-refractivity contribution in [2.45, 2.75) is 97.6 Å². The summed E-state index contributed by atoms with van der Waals surface area (Å²) in [6, 6.07) is 17.4. The Hall–Kier alpha value is -2.66. The lowest BCUT2D eigenvalue weighted by atomic mass is 10.1. The van der Waals surface area contributed by atoms with E-state index < -0.39 is 0 Å². The zero-order valence-electron chi connectivity index (χ0n) is 21.9. The zero-order valence-corrected chi connectivity index (χ0v) is 21.9. The molecule has 2 aromatic carbocycles. The van der Waals surface area contributed by atoms with E-state index in [-0.39, 0.29) is 17.9 Å². The van der Waals surface area contributed by atoms with E-state index in [0.29, 0.717) is 18.7 Å². The molecule has 0 saturated carbocycles. The molecule has 1 N–H and O–H groups in total. The third kappa shape index (κ3) is 11.5. The van der Waals surface area contributed by atoms with Gasteiger partial charge in [-0.05, 0) is 36.6 Å². The van der Waals surface area contributed by atoms with Crippen molar-refractivity contribution < 1.29 is 14.4 Å². The summed E-state index contributed by atoms with van der Waals surface area (Å²) in [5.74, 6) is -0.391. The Balaban J connectivity index is 1.72. The molecule has 5 nitrogen and oxygen atoms in total. The monoisotopic (exact) mass is 480 g/mol. The van der Waals surface area contributed by atoms with Gasteiger partial charge in [-0.2, -0.15) is 0 Å². The highest BCUT2D eigenvalue weighted by atomic mass is 16.7. The van der Waals surface area contributed by atoms with Gasteiger partial charge in [-0.25, -0.2) is 0 Å². The molecule has 0 aromatic heterocycles. The number of unbranched alkanes of at least 4 members (excludes halogenated alkanes) is 9. The maximum Gasteiger partial charge on any atom is 0.322 e. The lowest BCUT2D eigenvalue weighted by molar-refractivity contribution is -0.202. The summed E-state index contributed by atoms with van der Waals surface area (Å²) in [6.07, 6.45) is 12.8. The van der Waals surface area contributed by atoms with Crippen LogP contribution in [0.3, 0.4) is 0 Å². The predicted octanol–water partition coefficient (Wildman–Crippen LogP) is 7.38. The van der Waals surface area contributed by atoms with Gasteiger partial charge in [0.05, 0.1) is 12.6 Å². The number of carbonyl (C=O) groups is 2. The number of nitrogens with zero attached hydrogens (tertiary/aromatic N) is 1. The Morgan fingerprint density at radius 3 is 1.97 bits per heavy atom. The molecule has 1 unspecified atom stereocenters. The first kappa shape index (κ1) is 28.6. The van der Waals surface area contributed by atoms with Crippen molar-refractivity contribution in [3.05, 3.63) is 71.3 Å². The van der Waals surface area contributed by atoms with E-state index in [1.165, 1.54) is 64.7 Å². The van der Waals surface area contributed by atoms with Crippen molar-refractivity contribution in [2.24, 2.45) is 0 Å². The van der Waals surface area contributed by atoms with Crippen molar-refractivity contribution >= 4 is 11.9 Å².